The number of carbonyl (C=O) groups excluding carboxylic acids is 2. The second-order valence-corrected chi connectivity index (χ2v) is 9.02. The standard InChI is InChI=1S/C22H29N5O5S/c1-4-27(5-2,6-3)15-21(28)23-17-7-11-19(12-8-17)25-26-20-13-9-18(10-14-20)24-22(29)16-33(30,31)32/h7-14H,4-6,15-16H2,1-3H3,(H2-,23,24,25,26,28,29,30,31,32)/p+1. The van der Waals surface area contributed by atoms with Crippen LogP contribution in [0.15, 0.2) is 58.8 Å². The van der Waals surface area contributed by atoms with E-state index >= 15 is 0 Å². The van der Waals surface area contributed by atoms with E-state index in [9.17, 15) is 18.0 Å². The van der Waals surface area contributed by atoms with Crippen molar-refractivity contribution in [1.29, 1.82) is 0 Å². The van der Waals surface area contributed by atoms with Crippen molar-refractivity contribution < 1.29 is 27.0 Å². The summed E-state index contributed by atoms with van der Waals surface area (Å²) in [4.78, 5) is 23.9. The number of quaternary nitrogens is 1. The number of hydrogen-bond donors (Lipinski definition) is 3. The Kier molecular flexibility index (Phi) is 9.21. The summed E-state index contributed by atoms with van der Waals surface area (Å²) in [6, 6.07) is 13.3. The molecular weight excluding hydrogens is 446 g/mol. The average Bonchev–Trinajstić information content (AvgIpc) is 2.77. The van der Waals surface area contributed by atoms with Gasteiger partial charge in [-0.05, 0) is 69.3 Å². The van der Waals surface area contributed by atoms with Gasteiger partial charge in [-0.15, -0.1) is 0 Å². The summed E-state index contributed by atoms with van der Waals surface area (Å²) in [5, 5.41) is 13.5. The van der Waals surface area contributed by atoms with Gasteiger partial charge in [0.05, 0.1) is 31.0 Å². The first-order valence-corrected chi connectivity index (χ1v) is 12.2. The van der Waals surface area contributed by atoms with Crippen molar-refractivity contribution in [2.45, 2.75) is 20.8 Å². The molecular formula is C22H30N5O5S+. The lowest BCUT2D eigenvalue weighted by molar-refractivity contribution is -0.915. The van der Waals surface area contributed by atoms with Gasteiger partial charge in [0, 0.05) is 11.4 Å². The summed E-state index contributed by atoms with van der Waals surface area (Å²) >= 11 is 0. The Labute approximate surface area is 194 Å². The lowest BCUT2D eigenvalue weighted by Gasteiger charge is -2.34. The van der Waals surface area contributed by atoms with Crippen LogP contribution >= 0.6 is 0 Å². The highest BCUT2D eigenvalue weighted by Gasteiger charge is 2.24. The van der Waals surface area contributed by atoms with Gasteiger partial charge in [0.15, 0.2) is 12.3 Å². The molecule has 33 heavy (non-hydrogen) atoms. The molecule has 0 spiro atoms. The molecule has 0 aliphatic rings. The fraction of sp³-hybridized carbons (Fsp3) is 0.364. The fourth-order valence-corrected chi connectivity index (χ4v) is 3.62. The minimum atomic E-state index is -4.38. The number of rotatable bonds is 11. The quantitative estimate of drug-likeness (QED) is 0.258. The van der Waals surface area contributed by atoms with Gasteiger partial charge in [-0.25, -0.2) is 0 Å². The molecule has 0 aliphatic heterocycles. The maximum absolute atomic E-state index is 12.4. The van der Waals surface area contributed by atoms with Gasteiger partial charge in [-0.2, -0.15) is 18.6 Å². The minimum Gasteiger partial charge on any atom is -0.325 e. The third-order valence-corrected chi connectivity index (χ3v) is 6.02. The second-order valence-electron chi connectivity index (χ2n) is 7.56. The largest absolute Gasteiger partial charge is 0.325 e. The maximum atomic E-state index is 12.4. The third-order valence-electron chi connectivity index (χ3n) is 5.39. The maximum Gasteiger partial charge on any atom is 0.279 e. The lowest BCUT2D eigenvalue weighted by Crippen LogP contribution is -2.51. The molecule has 2 aromatic carbocycles. The number of amides is 2. The van der Waals surface area contributed by atoms with Crippen molar-refractivity contribution in [2.75, 3.05) is 42.6 Å². The molecule has 11 heteroatoms. The molecule has 0 atom stereocenters. The number of hydrogen-bond acceptors (Lipinski definition) is 6. The fourth-order valence-electron chi connectivity index (χ4n) is 3.21. The Hall–Kier alpha value is -3.15. The van der Waals surface area contributed by atoms with Gasteiger partial charge in [0.1, 0.15) is 0 Å². The summed E-state index contributed by atoms with van der Waals surface area (Å²) in [5.74, 6) is -1.89. The van der Waals surface area contributed by atoms with Crippen LogP contribution in [0, 0.1) is 0 Å². The lowest BCUT2D eigenvalue weighted by atomic mass is 10.2. The predicted octanol–water partition coefficient (Wildman–Crippen LogP) is 3.74. The Morgan fingerprint density at radius 1 is 0.788 bits per heavy atom. The molecule has 178 valence electrons. The molecule has 0 saturated carbocycles. The number of nitrogens with one attached hydrogen (secondary N) is 2. The number of anilines is 2. The van der Waals surface area contributed by atoms with E-state index in [1.165, 1.54) is 12.1 Å². The third kappa shape index (κ3) is 8.72. The number of likely N-dealkylation sites (N-methyl/N-ethyl adjacent to an activating group) is 1. The molecule has 2 amide bonds. The smallest absolute Gasteiger partial charge is 0.279 e. The van der Waals surface area contributed by atoms with Crippen LogP contribution in [-0.4, -0.2) is 61.2 Å². The first-order chi connectivity index (χ1) is 15.6. The van der Waals surface area contributed by atoms with Gasteiger partial charge >= 0.3 is 0 Å². The van der Waals surface area contributed by atoms with Crippen LogP contribution in [0.5, 0.6) is 0 Å². The van der Waals surface area contributed by atoms with E-state index in [1.54, 1.807) is 36.4 Å². The van der Waals surface area contributed by atoms with Crippen LogP contribution in [-0.2, 0) is 19.7 Å². The van der Waals surface area contributed by atoms with Crippen LogP contribution in [0.2, 0.25) is 0 Å². The molecule has 3 N–H and O–H groups in total. The molecule has 2 aromatic rings. The van der Waals surface area contributed by atoms with Crippen molar-refractivity contribution in [3.63, 3.8) is 0 Å². The summed E-state index contributed by atoms with van der Waals surface area (Å²) in [5.41, 5.74) is 2.16. The highest BCUT2D eigenvalue weighted by molar-refractivity contribution is 7.86. The van der Waals surface area contributed by atoms with E-state index in [-0.39, 0.29) is 5.91 Å². The number of benzene rings is 2. The van der Waals surface area contributed by atoms with E-state index in [1.807, 2.05) is 0 Å². The van der Waals surface area contributed by atoms with E-state index < -0.39 is 21.8 Å². The van der Waals surface area contributed by atoms with E-state index in [0.717, 1.165) is 24.1 Å². The van der Waals surface area contributed by atoms with Crippen molar-refractivity contribution in [2.24, 2.45) is 10.2 Å². The van der Waals surface area contributed by atoms with Crippen LogP contribution in [0.4, 0.5) is 22.7 Å². The van der Waals surface area contributed by atoms with Gasteiger partial charge < -0.3 is 15.1 Å². The molecule has 2 rings (SSSR count). The van der Waals surface area contributed by atoms with Crippen molar-refractivity contribution >= 4 is 44.7 Å². The molecule has 0 heterocycles. The normalized spacial score (nSPS) is 12.0. The minimum absolute atomic E-state index is 0.0290. The Morgan fingerprint density at radius 2 is 1.18 bits per heavy atom. The van der Waals surface area contributed by atoms with E-state index in [2.05, 4.69) is 41.6 Å². The predicted molar refractivity (Wildman–Crippen MR) is 127 cm³/mol. The van der Waals surface area contributed by atoms with Gasteiger partial charge in [0.25, 0.3) is 16.0 Å². The summed E-state index contributed by atoms with van der Waals surface area (Å²) in [6.07, 6.45) is 0. The molecule has 0 saturated heterocycles. The summed E-state index contributed by atoms with van der Waals surface area (Å²) in [7, 11) is -4.38. The Morgan fingerprint density at radius 3 is 1.55 bits per heavy atom. The zero-order chi connectivity index (χ0) is 24.5. The molecule has 0 aliphatic carbocycles. The summed E-state index contributed by atoms with van der Waals surface area (Å²) in [6.45, 7) is 9.40. The van der Waals surface area contributed by atoms with Gasteiger partial charge in [-0.3, -0.25) is 14.1 Å². The second kappa shape index (κ2) is 11.6. The first-order valence-electron chi connectivity index (χ1n) is 10.6. The van der Waals surface area contributed by atoms with E-state index in [4.69, 9.17) is 4.55 Å². The molecule has 0 unspecified atom stereocenters. The first kappa shape index (κ1) is 26.1. The highest BCUT2D eigenvalue weighted by atomic mass is 32.2. The van der Waals surface area contributed by atoms with Crippen molar-refractivity contribution in [1.82, 2.24) is 0 Å². The van der Waals surface area contributed by atoms with Gasteiger partial charge in [-0.1, -0.05) is 0 Å². The zero-order valence-corrected chi connectivity index (χ0v) is 19.8. The highest BCUT2D eigenvalue weighted by Crippen LogP contribution is 2.22. The topological polar surface area (TPSA) is 137 Å². The molecule has 0 radical (unpaired) electrons. The average molecular weight is 477 g/mol. The number of nitrogens with zero attached hydrogens (tertiary/aromatic N) is 3. The van der Waals surface area contributed by atoms with Crippen LogP contribution < -0.4 is 10.6 Å². The van der Waals surface area contributed by atoms with Crippen molar-refractivity contribution in [3.05, 3.63) is 48.5 Å². The molecule has 0 bridgehead atoms. The Bertz CT molecular complexity index is 1070. The summed E-state index contributed by atoms with van der Waals surface area (Å²) < 4.78 is 30.9. The van der Waals surface area contributed by atoms with Crippen LogP contribution in [0.25, 0.3) is 0 Å². The van der Waals surface area contributed by atoms with Gasteiger partial charge in [0.2, 0.25) is 5.91 Å². The van der Waals surface area contributed by atoms with Crippen LogP contribution in [0.1, 0.15) is 20.8 Å². The zero-order valence-electron chi connectivity index (χ0n) is 19.0. The molecule has 0 fully saturated rings. The van der Waals surface area contributed by atoms with E-state index in [0.29, 0.717) is 29.3 Å². The van der Waals surface area contributed by atoms with Crippen molar-refractivity contribution in [3.8, 4) is 0 Å². The molecule has 10 nitrogen and oxygen atoms in total. The van der Waals surface area contributed by atoms with Crippen LogP contribution in [0.3, 0.4) is 0 Å². The molecule has 0 aromatic heterocycles. The SMILES string of the molecule is CC[N+](CC)(CC)CC(=O)Nc1ccc(/N=N/c2ccc(NC(=O)CS(=O)(=O)O)cc2)cc1. The Balaban J connectivity index is 1.93. The number of azo groups is 1. The number of carbonyl (C=O) groups is 2. The monoisotopic (exact) mass is 476 g/mol.